The van der Waals surface area contributed by atoms with Gasteiger partial charge < -0.3 is 14.8 Å². The van der Waals surface area contributed by atoms with Gasteiger partial charge >= 0.3 is 0 Å². The minimum absolute atomic E-state index is 0.285. The van der Waals surface area contributed by atoms with E-state index in [1.54, 1.807) is 7.11 Å². The molecule has 2 N–H and O–H groups in total. The summed E-state index contributed by atoms with van der Waals surface area (Å²) in [5.74, 6) is 0.907. The van der Waals surface area contributed by atoms with Crippen LogP contribution in [-0.2, 0) is 6.54 Å². The summed E-state index contributed by atoms with van der Waals surface area (Å²) in [7, 11) is 1.72. The molecule has 5 heteroatoms. The van der Waals surface area contributed by atoms with Crippen LogP contribution in [0.25, 0.3) is 10.9 Å². The molecule has 1 saturated carbocycles. The number of nitrogens with zero attached hydrogens (tertiary/aromatic N) is 2. The lowest BCUT2D eigenvalue weighted by atomic mass is 10.0. The second kappa shape index (κ2) is 8.21. The van der Waals surface area contributed by atoms with Gasteiger partial charge in [0.15, 0.2) is 0 Å². The number of rotatable bonds is 6. The molecule has 1 saturated heterocycles. The van der Waals surface area contributed by atoms with Crippen molar-refractivity contribution in [2.24, 2.45) is 0 Å². The Labute approximate surface area is 162 Å². The molecular weight excluding hydrogens is 338 g/mol. The van der Waals surface area contributed by atoms with Crippen LogP contribution in [0.2, 0.25) is 0 Å². The van der Waals surface area contributed by atoms with Gasteiger partial charge in [0.1, 0.15) is 5.75 Å². The van der Waals surface area contributed by atoms with Gasteiger partial charge in [0.25, 0.3) is 0 Å². The number of piperazine rings is 1. The SMILES string of the molecule is COc1ccc2[nH]c(CN3CCN(C4CCCC4)[C@@H](CCO)C3)c(C)c2c1. The monoisotopic (exact) mass is 371 g/mol. The summed E-state index contributed by atoms with van der Waals surface area (Å²) in [5, 5.41) is 10.8. The smallest absolute Gasteiger partial charge is 0.119 e. The van der Waals surface area contributed by atoms with Crippen LogP contribution in [0.1, 0.15) is 43.4 Å². The maximum atomic E-state index is 9.58. The van der Waals surface area contributed by atoms with Crippen molar-refractivity contribution in [2.75, 3.05) is 33.4 Å². The van der Waals surface area contributed by atoms with E-state index in [9.17, 15) is 5.11 Å². The van der Waals surface area contributed by atoms with Gasteiger partial charge in [0.05, 0.1) is 7.11 Å². The third kappa shape index (κ3) is 3.86. The van der Waals surface area contributed by atoms with Crippen molar-refractivity contribution in [3.63, 3.8) is 0 Å². The van der Waals surface area contributed by atoms with Crippen LogP contribution in [0.5, 0.6) is 5.75 Å². The lowest BCUT2D eigenvalue weighted by Crippen LogP contribution is -2.56. The first-order valence-corrected chi connectivity index (χ1v) is 10.4. The molecule has 27 heavy (non-hydrogen) atoms. The highest BCUT2D eigenvalue weighted by Gasteiger charge is 2.33. The third-order valence-corrected chi connectivity index (χ3v) is 6.62. The summed E-state index contributed by atoms with van der Waals surface area (Å²) in [6, 6.07) is 7.47. The Morgan fingerprint density at radius 1 is 1.22 bits per heavy atom. The molecule has 2 aromatic rings. The fraction of sp³-hybridized carbons (Fsp3) is 0.636. The second-order valence-corrected chi connectivity index (χ2v) is 8.22. The molecule has 5 nitrogen and oxygen atoms in total. The number of aromatic amines is 1. The fourth-order valence-electron chi connectivity index (χ4n) is 5.07. The third-order valence-electron chi connectivity index (χ3n) is 6.62. The summed E-state index contributed by atoms with van der Waals surface area (Å²) in [6.45, 7) is 6.72. The molecule has 0 spiro atoms. The molecule has 2 fully saturated rings. The van der Waals surface area contributed by atoms with Crippen molar-refractivity contribution in [3.8, 4) is 5.75 Å². The molecule has 148 valence electrons. The van der Waals surface area contributed by atoms with Crippen LogP contribution < -0.4 is 4.74 Å². The molecule has 1 aromatic carbocycles. The standard InChI is InChI=1S/C22H33N3O2/c1-16-20-13-19(27-2)7-8-21(20)23-22(16)15-24-10-11-25(17-5-3-4-6-17)18(14-24)9-12-26/h7-8,13,17-18,23,26H,3-6,9-12,14-15H2,1-2H3/t18-/m0/s1. The number of ether oxygens (including phenoxy) is 1. The number of hydrogen-bond donors (Lipinski definition) is 2. The second-order valence-electron chi connectivity index (χ2n) is 8.22. The van der Waals surface area contributed by atoms with Crippen LogP contribution in [0.3, 0.4) is 0 Å². The maximum Gasteiger partial charge on any atom is 0.119 e. The first kappa shape index (κ1) is 18.8. The summed E-state index contributed by atoms with van der Waals surface area (Å²) >= 11 is 0. The lowest BCUT2D eigenvalue weighted by Gasteiger charge is -2.44. The van der Waals surface area contributed by atoms with E-state index in [-0.39, 0.29) is 6.61 Å². The predicted octanol–water partition coefficient (Wildman–Crippen LogP) is 3.30. The number of fused-ring (bicyclic) bond motifs is 1. The molecule has 0 radical (unpaired) electrons. The molecule has 0 bridgehead atoms. The molecule has 2 heterocycles. The van der Waals surface area contributed by atoms with E-state index >= 15 is 0 Å². The highest BCUT2D eigenvalue weighted by molar-refractivity contribution is 5.85. The molecule has 2 aliphatic rings. The molecule has 0 unspecified atom stereocenters. The number of benzene rings is 1. The topological polar surface area (TPSA) is 51.7 Å². The summed E-state index contributed by atoms with van der Waals surface area (Å²) in [6.07, 6.45) is 6.30. The minimum atomic E-state index is 0.285. The Morgan fingerprint density at radius 2 is 2.04 bits per heavy atom. The Balaban J connectivity index is 1.48. The van der Waals surface area contributed by atoms with E-state index < -0.39 is 0 Å². The predicted molar refractivity (Wildman–Crippen MR) is 109 cm³/mol. The van der Waals surface area contributed by atoms with Crippen LogP contribution in [0.4, 0.5) is 0 Å². The van der Waals surface area contributed by atoms with Crippen molar-refractivity contribution in [2.45, 2.75) is 57.7 Å². The van der Waals surface area contributed by atoms with Crippen LogP contribution in [0, 0.1) is 6.92 Å². The number of hydrogen-bond acceptors (Lipinski definition) is 4. The molecule has 1 aromatic heterocycles. The maximum absolute atomic E-state index is 9.58. The quantitative estimate of drug-likeness (QED) is 0.818. The summed E-state index contributed by atoms with van der Waals surface area (Å²) < 4.78 is 5.38. The van der Waals surface area contributed by atoms with Gasteiger partial charge in [-0.05, 0) is 49.9 Å². The highest BCUT2D eigenvalue weighted by atomic mass is 16.5. The van der Waals surface area contributed by atoms with Crippen molar-refractivity contribution < 1.29 is 9.84 Å². The van der Waals surface area contributed by atoms with Gasteiger partial charge in [-0.2, -0.15) is 0 Å². The van der Waals surface area contributed by atoms with Gasteiger partial charge in [0.2, 0.25) is 0 Å². The van der Waals surface area contributed by atoms with Gasteiger partial charge in [0, 0.05) is 61.5 Å². The average molecular weight is 372 g/mol. The fourth-order valence-corrected chi connectivity index (χ4v) is 5.07. The van der Waals surface area contributed by atoms with Gasteiger partial charge in [-0.15, -0.1) is 0 Å². The Hall–Kier alpha value is -1.56. The zero-order chi connectivity index (χ0) is 18.8. The summed E-state index contributed by atoms with van der Waals surface area (Å²) in [5.41, 5.74) is 3.80. The Morgan fingerprint density at radius 3 is 2.78 bits per heavy atom. The van der Waals surface area contributed by atoms with Crippen molar-refractivity contribution in [1.82, 2.24) is 14.8 Å². The first-order valence-electron chi connectivity index (χ1n) is 10.4. The van der Waals surface area contributed by atoms with E-state index in [0.29, 0.717) is 6.04 Å². The van der Waals surface area contributed by atoms with Crippen LogP contribution >= 0.6 is 0 Å². The van der Waals surface area contributed by atoms with E-state index in [4.69, 9.17) is 4.74 Å². The average Bonchev–Trinajstić information content (AvgIpc) is 3.31. The minimum Gasteiger partial charge on any atom is -0.497 e. The Kier molecular flexibility index (Phi) is 5.71. The highest BCUT2D eigenvalue weighted by Crippen LogP contribution is 2.30. The molecule has 1 aliphatic heterocycles. The number of nitrogens with one attached hydrogen (secondary N) is 1. The molecule has 1 atom stereocenters. The zero-order valence-electron chi connectivity index (χ0n) is 16.7. The van der Waals surface area contributed by atoms with E-state index in [0.717, 1.165) is 44.4 Å². The molecule has 4 rings (SSSR count). The van der Waals surface area contributed by atoms with E-state index in [1.807, 2.05) is 6.07 Å². The number of H-pyrrole nitrogens is 1. The van der Waals surface area contributed by atoms with Gasteiger partial charge in [-0.25, -0.2) is 0 Å². The van der Waals surface area contributed by atoms with E-state index in [2.05, 4.69) is 33.8 Å². The van der Waals surface area contributed by atoms with Gasteiger partial charge in [-0.1, -0.05) is 12.8 Å². The lowest BCUT2D eigenvalue weighted by molar-refractivity contribution is 0.0263. The number of aromatic nitrogens is 1. The van der Waals surface area contributed by atoms with Crippen LogP contribution in [0.15, 0.2) is 18.2 Å². The number of aryl methyl sites for hydroxylation is 1. The number of aliphatic hydroxyl groups is 1. The largest absolute Gasteiger partial charge is 0.497 e. The van der Waals surface area contributed by atoms with Crippen molar-refractivity contribution in [1.29, 1.82) is 0 Å². The molecule has 1 aliphatic carbocycles. The molecular formula is C22H33N3O2. The summed E-state index contributed by atoms with van der Waals surface area (Å²) in [4.78, 5) is 8.87. The van der Waals surface area contributed by atoms with Crippen molar-refractivity contribution >= 4 is 10.9 Å². The van der Waals surface area contributed by atoms with E-state index in [1.165, 1.54) is 47.8 Å². The first-order chi connectivity index (χ1) is 13.2. The Bertz CT molecular complexity index is 766. The van der Waals surface area contributed by atoms with Crippen molar-refractivity contribution in [3.05, 3.63) is 29.5 Å². The molecule has 0 amide bonds. The number of methoxy groups -OCH3 is 1. The normalized spacial score (nSPS) is 22.7. The zero-order valence-corrected chi connectivity index (χ0v) is 16.7. The van der Waals surface area contributed by atoms with Crippen LogP contribution in [-0.4, -0.2) is 65.3 Å². The van der Waals surface area contributed by atoms with Gasteiger partial charge in [-0.3, -0.25) is 9.80 Å². The number of aliphatic hydroxyl groups excluding tert-OH is 1.